The van der Waals surface area contributed by atoms with E-state index in [9.17, 15) is 9.59 Å². The predicted octanol–water partition coefficient (Wildman–Crippen LogP) is 9.92. The van der Waals surface area contributed by atoms with Gasteiger partial charge in [-0.2, -0.15) is 0 Å². The van der Waals surface area contributed by atoms with E-state index in [4.69, 9.17) is 21.1 Å². The zero-order valence-corrected chi connectivity index (χ0v) is 29.3. The summed E-state index contributed by atoms with van der Waals surface area (Å²) in [6.07, 6.45) is 15.2. The first-order valence-electron chi connectivity index (χ1n) is 17.7. The van der Waals surface area contributed by atoms with Crippen molar-refractivity contribution in [2.45, 2.75) is 144 Å². The van der Waals surface area contributed by atoms with Crippen LogP contribution in [0.1, 0.15) is 138 Å². The molecule has 43 heavy (non-hydrogen) atoms. The lowest BCUT2D eigenvalue weighted by Crippen LogP contribution is -2.67. The van der Waals surface area contributed by atoms with Gasteiger partial charge in [-0.3, -0.25) is 9.59 Å². The number of halogens is 1. The Labute approximate surface area is 267 Å². The fraction of sp³-hybridized carbons (Fsp3) is 0.895. The molecule has 244 valence electrons. The summed E-state index contributed by atoms with van der Waals surface area (Å²) in [5, 5.41) is 0. The summed E-state index contributed by atoms with van der Waals surface area (Å²) in [5.74, 6) is 3.12. The number of alkyl halides is 1. The first-order valence-corrected chi connectivity index (χ1v) is 18.3. The molecule has 0 bridgehead atoms. The SMILES string of the molecule is C=C(C)[C@@H]1CC[C@]2(C(=O)OCCCCCCCl)CC[C@]3(C)[C@H](CC[C@@H]4[C@@]5(C)CC[C@H](OC(C)=O)C(C)(C)[C@@H]5CC[C@]43C)[C@@H]12. The molecule has 0 radical (unpaired) electrons. The molecule has 0 unspecified atom stereocenters. The Morgan fingerprint density at radius 2 is 1.51 bits per heavy atom. The highest BCUT2D eigenvalue weighted by atomic mass is 35.5. The predicted molar refractivity (Wildman–Crippen MR) is 175 cm³/mol. The van der Waals surface area contributed by atoms with Gasteiger partial charge in [-0.05, 0) is 130 Å². The van der Waals surface area contributed by atoms with E-state index in [1.807, 2.05) is 0 Å². The number of unbranched alkanes of at least 4 members (excludes halogenated alkanes) is 3. The highest BCUT2D eigenvalue weighted by molar-refractivity contribution is 6.17. The number of fused-ring (bicyclic) bond motifs is 7. The van der Waals surface area contributed by atoms with Crippen LogP contribution < -0.4 is 0 Å². The number of carbonyl (C=O) groups excluding carboxylic acids is 2. The average Bonchev–Trinajstić information content (AvgIpc) is 3.34. The molecular formula is C38H61ClO4. The summed E-state index contributed by atoms with van der Waals surface area (Å²) in [6, 6.07) is 0. The normalized spacial score (nSPS) is 44.7. The third-order valence-corrected chi connectivity index (χ3v) is 15.2. The Hall–Kier alpha value is -1.03. The number of esters is 2. The van der Waals surface area contributed by atoms with Crippen LogP contribution in [0.5, 0.6) is 0 Å². The van der Waals surface area contributed by atoms with Crippen LogP contribution in [-0.4, -0.2) is 30.5 Å². The second kappa shape index (κ2) is 12.0. The molecule has 5 aliphatic rings. The Balaban J connectivity index is 1.41. The summed E-state index contributed by atoms with van der Waals surface area (Å²) >= 11 is 5.85. The van der Waals surface area contributed by atoms with Crippen LogP contribution >= 0.6 is 11.6 Å². The molecule has 0 amide bonds. The lowest BCUT2D eigenvalue weighted by Gasteiger charge is -2.72. The molecule has 0 heterocycles. The van der Waals surface area contributed by atoms with Crippen LogP contribution in [0, 0.1) is 56.7 Å². The highest BCUT2D eigenvalue weighted by Crippen LogP contribution is 2.77. The molecule has 0 aromatic heterocycles. The summed E-state index contributed by atoms with van der Waals surface area (Å²) in [4.78, 5) is 26.1. The minimum Gasteiger partial charge on any atom is -0.465 e. The first-order chi connectivity index (χ1) is 20.2. The monoisotopic (exact) mass is 616 g/mol. The number of hydrogen-bond donors (Lipinski definition) is 0. The van der Waals surface area contributed by atoms with Crippen molar-refractivity contribution in [3.8, 4) is 0 Å². The summed E-state index contributed by atoms with van der Waals surface area (Å²) in [6.45, 7) is 21.4. The molecule has 0 aromatic carbocycles. The second-order valence-corrected chi connectivity index (χ2v) is 17.4. The molecule has 0 aliphatic heterocycles. The smallest absolute Gasteiger partial charge is 0.312 e. The topological polar surface area (TPSA) is 52.6 Å². The quantitative estimate of drug-likeness (QED) is 0.112. The molecular weight excluding hydrogens is 556 g/mol. The molecule has 0 spiro atoms. The first kappa shape index (κ1) is 33.3. The van der Waals surface area contributed by atoms with Crippen molar-refractivity contribution in [3.63, 3.8) is 0 Å². The number of carbonyl (C=O) groups is 2. The third kappa shape index (κ3) is 5.14. The summed E-state index contributed by atoms with van der Waals surface area (Å²) < 4.78 is 12.1. The number of rotatable bonds is 9. The summed E-state index contributed by atoms with van der Waals surface area (Å²) in [5.41, 5.74) is 1.54. The Morgan fingerprint density at radius 3 is 2.19 bits per heavy atom. The van der Waals surface area contributed by atoms with E-state index in [2.05, 4.69) is 48.1 Å². The van der Waals surface area contributed by atoms with Gasteiger partial charge in [0.1, 0.15) is 6.10 Å². The van der Waals surface area contributed by atoms with Crippen LogP contribution in [0.3, 0.4) is 0 Å². The van der Waals surface area contributed by atoms with Crippen LogP contribution in [0.25, 0.3) is 0 Å². The Bertz CT molecular complexity index is 1080. The van der Waals surface area contributed by atoms with E-state index in [1.165, 1.54) is 31.3 Å². The molecule has 0 aromatic rings. The van der Waals surface area contributed by atoms with Crippen molar-refractivity contribution in [2.75, 3.05) is 12.5 Å². The van der Waals surface area contributed by atoms with E-state index in [0.29, 0.717) is 42.1 Å². The highest BCUT2D eigenvalue weighted by Gasteiger charge is 2.72. The molecule has 5 fully saturated rings. The standard InChI is InChI=1S/C38H61ClO4/c1-25(2)27-15-20-38(33(41)42-24-12-10-9-11-23-39)22-21-36(7)28(32(27)38)13-14-30-35(6)18-17-31(43-26(3)40)34(4,5)29(35)16-19-37(30,36)8/h27-32H,1,9-24H2,2-8H3/t27-,28+,29-,30+,31-,32+,35-,36+,37+,38-/m0/s1. The van der Waals surface area contributed by atoms with Crippen molar-refractivity contribution in [1.29, 1.82) is 0 Å². The second-order valence-electron chi connectivity index (χ2n) is 17.0. The van der Waals surface area contributed by atoms with Gasteiger partial charge in [0.15, 0.2) is 0 Å². The molecule has 5 aliphatic carbocycles. The van der Waals surface area contributed by atoms with Crippen LogP contribution in [0.2, 0.25) is 0 Å². The lowest BCUT2D eigenvalue weighted by molar-refractivity contribution is -0.250. The van der Waals surface area contributed by atoms with Gasteiger partial charge in [-0.1, -0.05) is 59.6 Å². The number of ether oxygens (including phenoxy) is 2. The minimum absolute atomic E-state index is 0.0100. The molecule has 10 atom stereocenters. The van der Waals surface area contributed by atoms with Crippen molar-refractivity contribution in [3.05, 3.63) is 12.2 Å². The molecule has 0 saturated heterocycles. The van der Waals surface area contributed by atoms with Gasteiger partial charge in [0.2, 0.25) is 0 Å². The molecule has 5 saturated carbocycles. The van der Waals surface area contributed by atoms with Gasteiger partial charge in [-0.25, -0.2) is 0 Å². The minimum atomic E-state index is -0.349. The van der Waals surface area contributed by atoms with Gasteiger partial charge in [0.05, 0.1) is 12.0 Å². The molecule has 0 N–H and O–H groups in total. The molecule has 4 nitrogen and oxygen atoms in total. The van der Waals surface area contributed by atoms with Crippen molar-refractivity contribution < 1.29 is 19.1 Å². The van der Waals surface area contributed by atoms with Crippen LogP contribution in [0.4, 0.5) is 0 Å². The van der Waals surface area contributed by atoms with Crippen LogP contribution in [0.15, 0.2) is 12.2 Å². The third-order valence-electron chi connectivity index (χ3n) is 15.0. The van der Waals surface area contributed by atoms with E-state index >= 15 is 0 Å². The molecule has 5 heteroatoms. The zero-order valence-electron chi connectivity index (χ0n) is 28.5. The Kier molecular flexibility index (Phi) is 9.27. The lowest BCUT2D eigenvalue weighted by atomic mass is 9.32. The van der Waals surface area contributed by atoms with Gasteiger partial charge in [0, 0.05) is 18.2 Å². The van der Waals surface area contributed by atoms with Gasteiger partial charge < -0.3 is 9.47 Å². The molecule has 5 rings (SSSR count). The largest absolute Gasteiger partial charge is 0.465 e. The van der Waals surface area contributed by atoms with E-state index in [1.54, 1.807) is 6.92 Å². The maximum Gasteiger partial charge on any atom is 0.312 e. The van der Waals surface area contributed by atoms with Crippen molar-refractivity contribution in [1.82, 2.24) is 0 Å². The van der Waals surface area contributed by atoms with E-state index < -0.39 is 0 Å². The van der Waals surface area contributed by atoms with Gasteiger partial charge >= 0.3 is 11.9 Å². The zero-order chi connectivity index (χ0) is 31.4. The van der Waals surface area contributed by atoms with Gasteiger partial charge in [-0.15, -0.1) is 11.6 Å². The van der Waals surface area contributed by atoms with Crippen LogP contribution in [-0.2, 0) is 19.1 Å². The number of allylic oxidation sites excluding steroid dienone is 1. The van der Waals surface area contributed by atoms with Crippen molar-refractivity contribution >= 4 is 23.5 Å². The fourth-order valence-corrected chi connectivity index (χ4v) is 12.9. The fourth-order valence-electron chi connectivity index (χ4n) is 12.7. The maximum absolute atomic E-state index is 14.1. The average molecular weight is 617 g/mol. The van der Waals surface area contributed by atoms with E-state index in [-0.39, 0.29) is 45.1 Å². The van der Waals surface area contributed by atoms with Gasteiger partial charge in [0.25, 0.3) is 0 Å². The maximum atomic E-state index is 14.1. The summed E-state index contributed by atoms with van der Waals surface area (Å²) in [7, 11) is 0. The Morgan fingerprint density at radius 1 is 0.791 bits per heavy atom. The van der Waals surface area contributed by atoms with E-state index in [0.717, 1.165) is 64.2 Å². The number of hydrogen-bond acceptors (Lipinski definition) is 4. The van der Waals surface area contributed by atoms with Crippen molar-refractivity contribution in [2.24, 2.45) is 56.7 Å².